The molecule has 0 saturated heterocycles. The van der Waals surface area contributed by atoms with Gasteiger partial charge in [0.2, 0.25) is 5.96 Å². The van der Waals surface area contributed by atoms with Gasteiger partial charge in [0, 0.05) is 13.6 Å². The Labute approximate surface area is 120 Å². The van der Waals surface area contributed by atoms with E-state index in [1.807, 2.05) is 20.0 Å². The third kappa shape index (κ3) is 3.73. The van der Waals surface area contributed by atoms with E-state index in [1.54, 1.807) is 0 Å². The molecule has 0 saturated carbocycles. The van der Waals surface area contributed by atoms with Crippen molar-refractivity contribution in [3.63, 3.8) is 0 Å². The molecule has 0 spiro atoms. The number of benzene rings is 1. The first-order valence-electron chi connectivity index (χ1n) is 6.99. The molecule has 3 N–H and O–H groups in total. The van der Waals surface area contributed by atoms with Crippen LogP contribution in [0.5, 0.6) is 0 Å². The SMILES string of the molecule is CC1N=C(N)NC(N(C)CCc2ccccc2)=NC1C. The Balaban J connectivity index is 1.99. The van der Waals surface area contributed by atoms with E-state index < -0.39 is 0 Å². The van der Waals surface area contributed by atoms with Crippen LogP contribution in [0.1, 0.15) is 19.4 Å². The molecule has 2 atom stereocenters. The zero-order chi connectivity index (χ0) is 14.5. The molecule has 0 aromatic heterocycles. The molecule has 0 fully saturated rings. The van der Waals surface area contributed by atoms with Crippen LogP contribution in [0.15, 0.2) is 40.3 Å². The van der Waals surface area contributed by atoms with Crippen molar-refractivity contribution in [3.8, 4) is 0 Å². The largest absolute Gasteiger partial charge is 0.370 e. The Bertz CT molecular complexity index is 494. The minimum absolute atomic E-state index is 0.0996. The number of hydrogen-bond donors (Lipinski definition) is 2. The maximum Gasteiger partial charge on any atom is 0.200 e. The lowest BCUT2D eigenvalue weighted by molar-refractivity contribution is 0.488. The molecule has 0 radical (unpaired) electrons. The lowest BCUT2D eigenvalue weighted by atomic mass is 10.1. The fourth-order valence-corrected chi connectivity index (χ4v) is 2.05. The molecular formula is C15H23N5. The molecule has 1 aromatic carbocycles. The molecule has 2 rings (SSSR count). The summed E-state index contributed by atoms with van der Waals surface area (Å²) in [6.07, 6.45) is 0.971. The summed E-state index contributed by atoms with van der Waals surface area (Å²) in [5, 5.41) is 3.08. The standard InChI is InChI=1S/C15H23N5/c1-11-12(2)18-15(19-14(16)17-11)20(3)10-9-13-7-5-4-6-8-13/h4-8,11-12H,9-10H2,1-3H3,(H3,16,17,18,19). The lowest BCUT2D eigenvalue weighted by Crippen LogP contribution is -2.45. The van der Waals surface area contributed by atoms with Crippen LogP contribution in [0, 0.1) is 0 Å². The smallest absolute Gasteiger partial charge is 0.200 e. The van der Waals surface area contributed by atoms with Crippen LogP contribution in [-0.2, 0) is 6.42 Å². The number of rotatable bonds is 3. The molecule has 1 aromatic rings. The van der Waals surface area contributed by atoms with Crippen molar-refractivity contribution in [2.75, 3.05) is 13.6 Å². The number of hydrogen-bond acceptors (Lipinski definition) is 5. The highest BCUT2D eigenvalue weighted by Gasteiger charge is 2.18. The van der Waals surface area contributed by atoms with Gasteiger partial charge in [0.15, 0.2) is 5.96 Å². The van der Waals surface area contributed by atoms with Crippen molar-refractivity contribution >= 4 is 11.9 Å². The Morgan fingerprint density at radius 2 is 1.80 bits per heavy atom. The highest BCUT2D eigenvalue weighted by molar-refractivity contribution is 5.98. The fraction of sp³-hybridized carbons (Fsp3) is 0.467. The summed E-state index contributed by atoms with van der Waals surface area (Å²) in [5.41, 5.74) is 7.17. The van der Waals surface area contributed by atoms with Crippen LogP contribution >= 0.6 is 0 Å². The van der Waals surface area contributed by atoms with Gasteiger partial charge in [-0.3, -0.25) is 5.32 Å². The van der Waals surface area contributed by atoms with E-state index in [0.717, 1.165) is 18.9 Å². The van der Waals surface area contributed by atoms with Gasteiger partial charge in [-0.25, -0.2) is 9.98 Å². The van der Waals surface area contributed by atoms with E-state index in [4.69, 9.17) is 5.73 Å². The summed E-state index contributed by atoms with van der Waals surface area (Å²) in [5.74, 6) is 1.23. The van der Waals surface area contributed by atoms with Gasteiger partial charge in [0.05, 0.1) is 12.1 Å². The van der Waals surface area contributed by atoms with E-state index in [0.29, 0.717) is 5.96 Å². The normalized spacial score (nSPS) is 22.4. The second-order valence-electron chi connectivity index (χ2n) is 5.23. The zero-order valence-electron chi connectivity index (χ0n) is 12.4. The van der Waals surface area contributed by atoms with Crippen molar-refractivity contribution in [2.24, 2.45) is 15.7 Å². The summed E-state index contributed by atoms with van der Waals surface area (Å²) in [4.78, 5) is 11.1. The van der Waals surface area contributed by atoms with Gasteiger partial charge in [-0.2, -0.15) is 0 Å². The first kappa shape index (κ1) is 14.4. The topological polar surface area (TPSA) is 66.0 Å². The molecule has 0 aliphatic carbocycles. The average Bonchev–Trinajstić information content (AvgIpc) is 2.56. The van der Waals surface area contributed by atoms with Gasteiger partial charge in [-0.1, -0.05) is 30.3 Å². The van der Waals surface area contributed by atoms with Crippen molar-refractivity contribution < 1.29 is 0 Å². The van der Waals surface area contributed by atoms with Gasteiger partial charge in [0.25, 0.3) is 0 Å². The predicted octanol–water partition coefficient (Wildman–Crippen LogP) is 1.21. The van der Waals surface area contributed by atoms with Gasteiger partial charge >= 0.3 is 0 Å². The van der Waals surface area contributed by atoms with Crippen LogP contribution in [0.2, 0.25) is 0 Å². The maximum atomic E-state index is 5.85. The summed E-state index contributed by atoms with van der Waals surface area (Å²) in [6.45, 7) is 4.96. The molecule has 5 heteroatoms. The van der Waals surface area contributed by atoms with Crippen molar-refractivity contribution in [3.05, 3.63) is 35.9 Å². The Morgan fingerprint density at radius 1 is 1.15 bits per heavy atom. The first-order valence-corrected chi connectivity index (χ1v) is 6.99. The van der Waals surface area contributed by atoms with E-state index in [9.17, 15) is 0 Å². The molecule has 1 aliphatic rings. The van der Waals surface area contributed by atoms with Crippen molar-refractivity contribution in [2.45, 2.75) is 32.4 Å². The van der Waals surface area contributed by atoms with Crippen molar-refractivity contribution in [1.82, 2.24) is 10.2 Å². The van der Waals surface area contributed by atoms with Crippen LogP contribution in [0.3, 0.4) is 0 Å². The molecule has 20 heavy (non-hydrogen) atoms. The summed E-state index contributed by atoms with van der Waals surface area (Å²) in [7, 11) is 2.02. The van der Waals surface area contributed by atoms with Crippen LogP contribution < -0.4 is 11.1 Å². The Hall–Kier alpha value is -2.04. The number of nitrogens with one attached hydrogen (secondary N) is 1. The van der Waals surface area contributed by atoms with E-state index in [-0.39, 0.29) is 12.1 Å². The third-order valence-corrected chi connectivity index (χ3v) is 3.55. The number of likely N-dealkylation sites (N-methyl/N-ethyl adjacent to an activating group) is 1. The third-order valence-electron chi connectivity index (χ3n) is 3.55. The molecular weight excluding hydrogens is 250 g/mol. The van der Waals surface area contributed by atoms with Crippen LogP contribution in [0.25, 0.3) is 0 Å². The number of nitrogens with two attached hydrogens (primary N) is 1. The van der Waals surface area contributed by atoms with Gasteiger partial charge in [-0.05, 0) is 25.8 Å². The monoisotopic (exact) mass is 273 g/mol. The molecule has 1 aliphatic heterocycles. The second-order valence-corrected chi connectivity index (χ2v) is 5.23. The number of nitrogens with zero attached hydrogens (tertiary/aromatic N) is 3. The summed E-state index contributed by atoms with van der Waals surface area (Å²) < 4.78 is 0. The predicted molar refractivity (Wildman–Crippen MR) is 83.9 cm³/mol. The van der Waals surface area contributed by atoms with Gasteiger partial charge < -0.3 is 10.6 Å². The van der Waals surface area contributed by atoms with Crippen LogP contribution in [-0.4, -0.2) is 42.5 Å². The molecule has 2 unspecified atom stereocenters. The zero-order valence-corrected chi connectivity index (χ0v) is 12.4. The summed E-state index contributed by atoms with van der Waals surface area (Å²) in [6, 6.07) is 10.6. The maximum absolute atomic E-state index is 5.85. The average molecular weight is 273 g/mol. The molecule has 1 heterocycles. The van der Waals surface area contributed by atoms with E-state index in [2.05, 4.69) is 51.4 Å². The highest BCUT2D eigenvalue weighted by Crippen LogP contribution is 2.07. The molecule has 5 nitrogen and oxygen atoms in total. The molecule has 0 bridgehead atoms. The second kappa shape index (κ2) is 6.41. The minimum Gasteiger partial charge on any atom is -0.370 e. The lowest BCUT2D eigenvalue weighted by Gasteiger charge is -2.22. The summed E-state index contributed by atoms with van der Waals surface area (Å²) >= 11 is 0. The Kier molecular flexibility index (Phi) is 4.61. The molecule has 0 amide bonds. The fourth-order valence-electron chi connectivity index (χ4n) is 2.05. The quantitative estimate of drug-likeness (QED) is 0.870. The molecule has 108 valence electrons. The van der Waals surface area contributed by atoms with E-state index in [1.165, 1.54) is 5.56 Å². The number of guanidine groups is 2. The Morgan fingerprint density at radius 3 is 2.50 bits per heavy atom. The first-order chi connectivity index (χ1) is 9.56. The van der Waals surface area contributed by atoms with Crippen LogP contribution in [0.4, 0.5) is 0 Å². The van der Waals surface area contributed by atoms with Gasteiger partial charge in [-0.15, -0.1) is 0 Å². The highest BCUT2D eigenvalue weighted by atomic mass is 15.3. The van der Waals surface area contributed by atoms with Crippen molar-refractivity contribution in [1.29, 1.82) is 0 Å². The van der Waals surface area contributed by atoms with Gasteiger partial charge in [0.1, 0.15) is 0 Å². The number of aliphatic imine (C=N–C) groups is 2. The minimum atomic E-state index is 0.0996. The van der Waals surface area contributed by atoms with E-state index >= 15 is 0 Å².